The Labute approximate surface area is 167 Å². The molecule has 2 fully saturated rings. The number of ketones is 1. The Kier molecular flexibility index (Phi) is 6.40. The van der Waals surface area contributed by atoms with Crippen LogP contribution in [0.25, 0.3) is 0 Å². The van der Waals surface area contributed by atoms with E-state index in [4.69, 9.17) is 9.47 Å². The zero-order valence-corrected chi connectivity index (χ0v) is 16.3. The zero-order valence-electron chi connectivity index (χ0n) is 16.3. The minimum atomic E-state index is 0.169. The van der Waals surface area contributed by atoms with Gasteiger partial charge in [-0.1, -0.05) is 48.5 Å². The highest BCUT2D eigenvalue weighted by Gasteiger charge is 2.40. The van der Waals surface area contributed by atoms with Gasteiger partial charge in [0, 0.05) is 31.0 Å². The fourth-order valence-corrected chi connectivity index (χ4v) is 4.46. The summed E-state index contributed by atoms with van der Waals surface area (Å²) in [6.45, 7) is 3.03. The lowest BCUT2D eigenvalue weighted by Gasteiger charge is -2.48. The predicted octanol–water partition coefficient (Wildman–Crippen LogP) is 4.09. The van der Waals surface area contributed by atoms with Crippen molar-refractivity contribution in [3.63, 3.8) is 0 Å². The van der Waals surface area contributed by atoms with Gasteiger partial charge in [0.1, 0.15) is 11.5 Å². The molecule has 2 aliphatic rings. The molecule has 0 aliphatic carbocycles. The van der Waals surface area contributed by atoms with Crippen LogP contribution in [-0.2, 0) is 16.1 Å². The van der Waals surface area contributed by atoms with Crippen LogP contribution in [0.2, 0.25) is 0 Å². The molecule has 0 spiro atoms. The minimum Gasteiger partial charge on any atom is -0.494 e. The standard InChI is InChI=1S/C24H29NO3/c26-24(12-7-13-28-23-10-5-2-6-11-23)20-14-21-17-27-18-22(15-20)25(21)16-19-8-3-1-4-9-19/h1-6,8-11,20-22H,7,12-18H2. The van der Waals surface area contributed by atoms with Crippen LogP contribution in [-0.4, -0.2) is 42.6 Å². The summed E-state index contributed by atoms with van der Waals surface area (Å²) >= 11 is 0. The van der Waals surface area contributed by atoms with Gasteiger partial charge in [0.05, 0.1) is 19.8 Å². The Morgan fingerprint density at radius 3 is 2.29 bits per heavy atom. The Morgan fingerprint density at radius 2 is 1.61 bits per heavy atom. The number of carbonyl (C=O) groups excluding carboxylic acids is 1. The molecule has 0 amide bonds. The Morgan fingerprint density at radius 1 is 0.964 bits per heavy atom. The highest BCUT2D eigenvalue weighted by atomic mass is 16.5. The molecule has 2 heterocycles. The largest absolute Gasteiger partial charge is 0.494 e. The summed E-state index contributed by atoms with van der Waals surface area (Å²) in [6.07, 6.45) is 3.23. The van der Waals surface area contributed by atoms with E-state index in [-0.39, 0.29) is 5.92 Å². The summed E-state index contributed by atoms with van der Waals surface area (Å²) in [5.74, 6) is 1.44. The van der Waals surface area contributed by atoms with E-state index in [2.05, 4.69) is 35.2 Å². The molecule has 0 radical (unpaired) electrons. The van der Waals surface area contributed by atoms with E-state index in [1.807, 2.05) is 30.3 Å². The maximum atomic E-state index is 12.8. The molecule has 0 N–H and O–H groups in total. The van der Waals surface area contributed by atoms with Crippen molar-refractivity contribution in [2.45, 2.75) is 44.3 Å². The number of nitrogens with zero attached hydrogens (tertiary/aromatic N) is 1. The van der Waals surface area contributed by atoms with E-state index in [1.54, 1.807) is 0 Å². The topological polar surface area (TPSA) is 38.8 Å². The fourth-order valence-electron chi connectivity index (χ4n) is 4.46. The van der Waals surface area contributed by atoms with Crippen LogP contribution in [0.4, 0.5) is 0 Å². The van der Waals surface area contributed by atoms with Crippen LogP contribution in [0.15, 0.2) is 60.7 Å². The molecule has 2 atom stereocenters. The van der Waals surface area contributed by atoms with Gasteiger partial charge in [0.25, 0.3) is 0 Å². The number of hydrogen-bond donors (Lipinski definition) is 0. The van der Waals surface area contributed by atoms with Crippen molar-refractivity contribution in [1.82, 2.24) is 4.90 Å². The Balaban J connectivity index is 1.27. The number of morpholine rings is 1. The van der Waals surface area contributed by atoms with Crippen molar-refractivity contribution in [2.24, 2.45) is 5.92 Å². The zero-order chi connectivity index (χ0) is 19.2. The fraction of sp³-hybridized carbons (Fsp3) is 0.458. The number of hydrogen-bond acceptors (Lipinski definition) is 4. The summed E-state index contributed by atoms with van der Waals surface area (Å²) in [5.41, 5.74) is 1.34. The van der Waals surface area contributed by atoms with Crippen LogP contribution in [0, 0.1) is 5.92 Å². The molecule has 4 heteroatoms. The summed E-state index contributed by atoms with van der Waals surface area (Å²) < 4.78 is 11.5. The molecule has 2 aromatic rings. The van der Waals surface area contributed by atoms with Gasteiger partial charge in [-0.2, -0.15) is 0 Å². The number of benzene rings is 2. The van der Waals surface area contributed by atoms with E-state index in [9.17, 15) is 4.79 Å². The first-order valence-corrected chi connectivity index (χ1v) is 10.4. The monoisotopic (exact) mass is 379 g/mol. The van der Waals surface area contributed by atoms with Gasteiger partial charge in [-0.25, -0.2) is 0 Å². The van der Waals surface area contributed by atoms with Gasteiger partial charge in [0.2, 0.25) is 0 Å². The second-order valence-corrected chi connectivity index (χ2v) is 7.90. The molecule has 0 aromatic heterocycles. The van der Waals surface area contributed by atoms with E-state index in [0.29, 0.717) is 30.9 Å². The van der Waals surface area contributed by atoms with Gasteiger partial charge in [-0.15, -0.1) is 0 Å². The molecule has 2 bridgehead atoms. The first kappa shape index (κ1) is 19.2. The van der Waals surface area contributed by atoms with Crippen LogP contribution >= 0.6 is 0 Å². The Hall–Kier alpha value is -2.17. The van der Waals surface area contributed by atoms with Crippen LogP contribution in [0.5, 0.6) is 5.75 Å². The summed E-state index contributed by atoms with van der Waals surface area (Å²) in [7, 11) is 0. The third-order valence-corrected chi connectivity index (χ3v) is 5.91. The van der Waals surface area contributed by atoms with E-state index >= 15 is 0 Å². The van der Waals surface area contributed by atoms with E-state index in [0.717, 1.165) is 44.8 Å². The van der Waals surface area contributed by atoms with E-state index in [1.165, 1.54) is 5.56 Å². The van der Waals surface area contributed by atoms with Gasteiger partial charge >= 0.3 is 0 Å². The number of ether oxygens (including phenoxy) is 2. The number of carbonyl (C=O) groups is 1. The average Bonchev–Trinajstić information content (AvgIpc) is 2.72. The van der Waals surface area contributed by atoms with Crippen LogP contribution in [0.1, 0.15) is 31.2 Å². The minimum absolute atomic E-state index is 0.169. The molecule has 4 rings (SSSR count). The quantitative estimate of drug-likeness (QED) is 0.648. The van der Waals surface area contributed by atoms with E-state index < -0.39 is 0 Å². The molecule has 28 heavy (non-hydrogen) atoms. The molecular formula is C24H29NO3. The van der Waals surface area contributed by atoms with Crippen LogP contribution in [0.3, 0.4) is 0 Å². The molecule has 0 saturated carbocycles. The third kappa shape index (κ3) is 4.81. The summed E-state index contributed by atoms with van der Waals surface area (Å²) in [4.78, 5) is 15.3. The van der Waals surface area contributed by atoms with Crippen molar-refractivity contribution in [1.29, 1.82) is 0 Å². The second kappa shape index (κ2) is 9.35. The van der Waals surface area contributed by atoms with Crippen LogP contribution < -0.4 is 4.74 Å². The lowest BCUT2D eigenvalue weighted by molar-refractivity contribution is -0.133. The number of fused-ring (bicyclic) bond motifs is 2. The van der Waals surface area contributed by atoms with Crippen molar-refractivity contribution in [3.05, 3.63) is 66.2 Å². The van der Waals surface area contributed by atoms with Gasteiger partial charge in [-0.05, 0) is 37.0 Å². The number of Topliss-reactive ketones (excluding diaryl/α,β-unsaturated/α-hetero) is 1. The first-order chi connectivity index (χ1) is 13.8. The SMILES string of the molecule is O=C(CCCOc1ccccc1)C1CC2COCC(C1)N2Cc1ccccc1. The van der Waals surface area contributed by atoms with Crippen molar-refractivity contribution in [2.75, 3.05) is 19.8 Å². The Bertz CT molecular complexity index is 735. The molecule has 2 aliphatic heterocycles. The van der Waals surface area contributed by atoms with Crippen molar-refractivity contribution in [3.8, 4) is 5.75 Å². The summed E-state index contributed by atoms with van der Waals surface area (Å²) in [6, 6.07) is 21.1. The lowest BCUT2D eigenvalue weighted by atomic mass is 9.81. The molecule has 148 valence electrons. The molecule has 2 unspecified atom stereocenters. The predicted molar refractivity (Wildman–Crippen MR) is 109 cm³/mol. The van der Waals surface area contributed by atoms with Gasteiger partial charge in [-0.3, -0.25) is 9.69 Å². The van der Waals surface area contributed by atoms with Crippen molar-refractivity contribution >= 4 is 5.78 Å². The molecule has 2 aromatic carbocycles. The number of para-hydroxylation sites is 1. The average molecular weight is 380 g/mol. The number of rotatable bonds is 8. The second-order valence-electron chi connectivity index (χ2n) is 7.90. The third-order valence-electron chi connectivity index (χ3n) is 5.91. The maximum absolute atomic E-state index is 12.8. The van der Waals surface area contributed by atoms with Gasteiger partial charge < -0.3 is 9.47 Å². The molecule has 4 nitrogen and oxygen atoms in total. The van der Waals surface area contributed by atoms with Gasteiger partial charge in [0.15, 0.2) is 0 Å². The lowest BCUT2D eigenvalue weighted by Crippen LogP contribution is -2.57. The highest BCUT2D eigenvalue weighted by Crippen LogP contribution is 2.34. The number of piperidine rings is 1. The van der Waals surface area contributed by atoms with Crippen molar-refractivity contribution < 1.29 is 14.3 Å². The maximum Gasteiger partial charge on any atom is 0.136 e. The molecule has 2 saturated heterocycles. The molecular weight excluding hydrogens is 350 g/mol. The first-order valence-electron chi connectivity index (χ1n) is 10.4. The highest BCUT2D eigenvalue weighted by molar-refractivity contribution is 5.81. The summed E-state index contributed by atoms with van der Waals surface area (Å²) in [5, 5.41) is 0. The normalized spacial score (nSPS) is 24.6. The smallest absolute Gasteiger partial charge is 0.136 e.